The summed E-state index contributed by atoms with van der Waals surface area (Å²) in [5, 5.41) is 3.89. The molecule has 0 saturated carbocycles. The van der Waals surface area contributed by atoms with E-state index in [4.69, 9.17) is 4.11 Å². The highest BCUT2D eigenvalue weighted by molar-refractivity contribution is 7.93. The van der Waals surface area contributed by atoms with Crippen LogP contribution in [0.3, 0.4) is 0 Å². The molecular formula is C19H28N2O3S. The summed E-state index contributed by atoms with van der Waals surface area (Å²) in [4.78, 5) is 14.5. The van der Waals surface area contributed by atoms with E-state index in [1.165, 1.54) is 6.08 Å². The highest BCUT2D eigenvalue weighted by Crippen LogP contribution is 2.35. The third-order valence-electron chi connectivity index (χ3n) is 4.41. The summed E-state index contributed by atoms with van der Waals surface area (Å²) >= 11 is 0. The van der Waals surface area contributed by atoms with E-state index in [1.54, 1.807) is 11.8 Å². The number of rotatable bonds is 5. The van der Waals surface area contributed by atoms with Gasteiger partial charge in [-0.25, -0.2) is 13.2 Å². The lowest BCUT2D eigenvalue weighted by Crippen LogP contribution is -2.48. The first kappa shape index (κ1) is 15.4. The molecular weight excluding hydrogens is 336 g/mol. The van der Waals surface area contributed by atoms with Crippen molar-refractivity contribution in [1.82, 2.24) is 10.2 Å². The van der Waals surface area contributed by atoms with E-state index in [0.29, 0.717) is 19.4 Å². The number of hydrogen-bond acceptors (Lipinski definition) is 3. The van der Waals surface area contributed by atoms with Crippen LogP contribution in [-0.4, -0.2) is 38.2 Å². The molecule has 1 aromatic carbocycles. The molecule has 1 N–H and O–H groups in total. The van der Waals surface area contributed by atoms with E-state index >= 15 is 0 Å². The average Bonchev–Trinajstić information content (AvgIpc) is 2.58. The summed E-state index contributed by atoms with van der Waals surface area (Å²) in [6.45, 7) is 0.175. The van der Waals surface area contributed by atoms with Crippen LogP contribution in [0, 0.1) is 5.92 Å². The maximum absolute atomic E-state index is 12.8. The van der Waals surface area contributed by atoms with Gasteiger partial charge in [-0.05, 0) is 31.2 Å². The van der Waals surface area contributed by atoms with Crippen molar-refractivity contribution in [2.75, 3.05) is 12.8 Å². The molecule has 2 rings (SSSR count). The molecule has 0 bridgehead atoms. The van der Waals surface area contributed by atoms with Gasteiger partial charge in [0, 0.05) is 28.4 Å². The fraction of sp³-hybridized carbons (Fsp3) is 0.526. The molecule has 0 aromatic heterocycles. The van der Waals surface area contributed by atoms with Crippen LogP contribution in [0.1, 0.15) is 48.8 Å². The number of piperidine rings is 1. The normalized spacial score (nSPS) is 25.0. The number of urea groups is 1. The molecule has 1 saturated heterocycles. The molecule has 1 aliphatic rings. The van der Waals surface area contributed by atoms with Crippen molar-refractivity contribution in [1.29, 1.82) is 0 Å². The monoisotopic (exact) mass is 367 g/mol. The summed E-state index contributed by atoms with van der Waals surface area (Å²) in [5.74, 6) is 0.0179. The van der Waals surface area contributed by atoms with E-state index in [2.05, 4.69) is 5.32 Å². The summed E-state index contributed by atoms with van der Waals surface area (Å²) in [6, 6.07) is 8.63. The van der Waals surface area contributed by atoms with Crippen LogP contribution in [-0.2, 0) is 9.84 Å². The van der Waals surface area contributed by atoms with E-state index in [1.807, 2.05) is 30.3 Å². The third-order valence-corrected chi connectivity index (χ3v) is 5.06. The highest BCUT2D eigenvalue weighted by atomic mass is 32.2. The molecule has 3 atom stereocenters. The molecule has 0 unspecified atom stereocenters. The van der Waals surface area contributed by atoms with Crippen molar-refractivity contribution in [2.24, 2.45) is 5.92 Å². The molecule has 1 aliphatic heterocycles. The van der Waals surface area contributed by atoms with Gasteiger partial charge >= 0.3 is 6.03 Å². The van der Waals surface area contributed by atoms with Gasteiger partial charge in [0.05, 0.1) is 6.04 Å². The van der Waals surface area contributed by atoms with Crippen LogP contribution in [0.2, 0.25) is 0 Å². The van der Waals surface area contributed by atoms with Gasteiger partial charge in [-0.1, -0.05) is 49.7 Å². The largest absolute Gasteiger partial charge is 0.332 e. The van der Waals surface area contributed by atoms with Gasteiger partial charge in [-0.15, -0.1) is 0 Å². The Labute approximate surface area is 155 Å². The smallest absolute Gasteiger partial charge is 0.318 e. The molecule has 0 aliphatic carbocycles. The Bertz CT molecular complexity index is 794. The fourth-order valence-electron chi connectivity index (χ4n) is 3.04. The molecule has 0 radical (unpaired) electrons. The number of carbonyl (C=O) groups excluding carboxylic acids is 1. The molecule has 25 heavy (non-hydrogen) atoms. The zero-order valence-corrected chi connectivity index (χ0v) is 15.5. The standard InChI is InChI=1S/C19H28N2O3S/c1-4-16-10-12-21(18(14-16)17-8-6-5-7-9-17)19(22)20-15(2)11-13-25(3,23)24/h5-9,11,13,15-16,18H,4,10,12,14H2,1-3H3,(H,20,22)/b13-11+/t15-,16+,18-/m0/s1/i1D3. The predicted octanol–water partition coefficient (Wildman–Crippen LogP) is 3.51. The maximum atomic E-state index is 12.8. The minimum atomic E-state index is -3.26. The van der Waals surface area contributed by atoms with Gasteiger partial charge in [0.1, 0.15) is 0 Å². The first-order valence-electron chi connectivity index (χ1n) is 9.95. The van der Waals surface area contributed by atoms with E-state index in [-0.39, 0.29) is 24.4 Å². The molecule has 6 heteroatoms. The number of amides is 2. The van der Waals surface area contributed by atoms with Gasteiger partial charge in [0.2, 0.25) is 0 Å². The lowest BCUT2D eigenvalue weighted by Gasteiger charge is -2.40. The Balaban J connectivity index is 2.14. The molecule has 138 valence electrons. The number of nitrogens with one attached hydrogen (secondary N) is 1. The third kappa shape index (κ3) is 5.88. The first-order valence-corrected chi connectivity index (χ1v) is 10.4. The van der Waals surface area contributed by atoms with Crippen molar-refractivity contribution in [3.05, 3.63) is 47.4 Å². The molecule has 1 heterocycles. The Kier molecular flexibility index (Phi) is 5.26. The van der Waals surface area contributed by atoms with Gasteiger partial charge < -0.3 is 10.2 Å². The van der Waals surface area contributed by atoms with Crippen LogP contribution < -0.4 is 5.32 Å². The lowest BCUT2D eigenvalue weighted by atomic mass is 9.86. The maximum Gasteiger partial charge on any atom is 0.318 e. The Morgan fingerprint density at radius 1 is 1.44 bits per heavy atom. The number of nitrogens with zero attached hydrogens (tertiary/aromatic N) is 1. The fourth-order valence-corrected chi connectivity index (χ4v) is 3.57. The Hall–Kier alpha value is -1.82. The summed E-state index contributed by atoms with van der Waals surface area (Å²) in [5.41, 5.74) is 0.965. The van der Waals surface area contributed by atoms with E-state index in [0.717, 1.165) is 17.2 Å². The summed E-state index contributed by atoms with van der Waals surface area (Å²) in [7, 11) is -3.26. The zero-order valence-electron chi connectivity index (χ0n) is 17.7. The van der Waals surface area contributed by atoms with Crippen LogP contribution in [0.25, 0.3) is 0 Å². The minimum absolute atomic E-state index is 0.0179. The van der Waals surface area contributed by atoms with E-state index < -0.39 is 22.7 Å². The second-order valence-electron chi connectivity index (χ2n) is 6.61. The number of carbonyl (C=O) groups is 1. The molecule has 5 nitrogen and oxygen atoms in total. The van der Waals surface area contributed by atoms with Crippen molar-refractivity contribution in [2.45, 2.75) is 45.1 Å². The van der Waals surface area contributed by atoms with Gasteiger partial charge in [0.25, 0.3) is 0 Å². The van der Waals surface area contributed by atoms with Crippen LogP contribution in [0.5, 0.6) is 0 Å². The second-order valence-corrected chi connectivity index (χ2v) is 8.54. The minimum Gasteiger partial charge on any atom is -0.332 e. The lowest BCUT2D eigenvalue weighted by molar-refractivity contribution is 0.125. The highest BCUT2D eigenvalue weighted by Gasteiger charge is 2.32. The van der Waals surface area contributed by atoms with Crippen molar-refractivity contribution >= 4 is 15.9 Å². The Morgan fingerprint density at radius 3 is 2.80 bits per heavy atom. The number of hydrogen-bond donors (Lipinski definition) is 1. The predicted molar refractivity (Wildman–Crippen MR) is 101 cm³/mol. The van der Waals surface area contributed by atoms with Crippen LogP contribution in [0.4, 0.5) is 4.79 Å². The zero-order chi connectivity index (χ0) is 20.9. The topological polar surface area (TPSA) is 66.5 Å². The molecule has 1 aromatic rings. The average molecular weight is 368 g/mol. The van der Waals surface area contributed by atoms with E-state index in [9.17, 15) is 13.2 Å². The molecule has 2 amide bonds. The number of benzene rings is 1. The molecule has 0 spiro atoms. The quantitative estimate of drug-likeness (QED) is 0.866. The van der Waals surface area contributed by atoms with Gasteiger partial charge in [-0.3, -0.25) is 0 Å². The second kappa shape index (κ2) is 8.52. The van der Waals surface area contributed by atoms with Crippen LogP contribution >= 0.6 is 0 Å². The SMILES string of the molecule is [2H]C([2H])([2H])C[C@@H]1CCN(C(=O)N[C@@H](C)/C=C/S(C)(=O)=O)[C@H](c2ccccc2)C1. The molecule has 1 fully saturated rings. The van der Waals surface area contributed by atoms with Crippen LogP contribution in [0.15, 0.2) is 41.8 Å². The first-order chi connectivity index (χ1) is 12.9. The Morgan fingerprint density at radius 2 is 2.16 bits per heavy atom. The number of sulfone groups is 1. The van der Waals surface area contributed by atoms with Crippen molar-refractivity contribution in [3.63, 3.8) is 0 Å². The summed E-state index contributed by atoms with van der Waals surface area (Å²) < 4.78 is 45.1. The number of likely N-dealkylation sites (tertiary alicyclic amines) is 1. The van der Waals surface area contributed by atoms with Crippen molar-refractivity contribution < 1.29 is 17.3 Å². The van der Waals surface area contributed by atoms with Gasteiger partial charge in [0.15, 0.2) is 9.84 Å². The summed E-state index contributed by atoms with van der Waals surface area (Å²) in [6.07, 6.45) is 3.89. The van der Waals surface area contributed by atoms with Gasteiger partial charge in [-0.2, -0.15) is 0 Å². The van der Waals surface area contributed by atoms with Crippen molar-refractivity contribution in [3.8, 4) is 0 Å².